The molecule has 0 radical (unpaired) electrons. The van der Waals surface area contributed by atoms with Gasteiger partial charge < -0.3 is 9.88 Å². The van der Waals surface area contributed by atoms with E-state index in [1.165, 1.54) is 5.56 Å². The third kappa shape index (κ3) is 2.24. The normalized spacial score (nSPS) is 11.0. The molecule has 0 aliphatic carbocycles. The summed E-state index contributed by atoms with van der Waals surface area (Å²) < 4.78 is 2.08. The van der Waals surface area contributed by atoms with Gasteiger partial charge in [0.2, 0.25) is 5.95 Å². The summed E-state index contributed by atoms with van der Waals surface area (Å²) >= 11 is 0. The summed E-state index contributed by atoms with van der Waals surface area (Å²) in [4.78, 5) is 4.29. The molecule has 0 bridgehead atoms. The molecular weight excluding hydrogens is 202 g/mol. The smallest absolute Gasteiger partial charge is 0.203 e. The molecule has 0 atom stereocenters. The van der Waals surface area contributed by atoms with E-state index in [2.05, 4.69) is 38.9 Å². The highest BCUT2D eigenvalue weighted by molar-refractivity contribution is 5.29. The van der Waals surface area contributed by atoms with Gasteiger partial charge in [0.1, 0.15) is 0 Å². The SMILES string of the molecule is Cc1[nH]ncc1Cn1ccnc1NC(C)C. The monoisotopic (exact) mass is 219 g/mol. The first-order valence-electron chi connectivity index (χ1n) is 5.43. The van der Waals surface area contributed by atoms with Crippen LogP contribution in [0.25, 0.3) is 0 Å². The van der Waals surface area contributed by atoms with Crippen LogP contribution in [0.1, 0.15) is 25.1 Å². The van der Waals surface area contributed by atoms with E-state index < -0.39 is 0 Å². The molecule has 86 valence electrons. The number of aryl methyl sites for hydroxylation is 1. The average molecular weight is 219 g/mol. The van der Waals surface area contributed by atoms with Crippen LogP contribution in [0.4, 0.5) is 5.95 Å². The van der Waals surface area contributed by atoms with Crippen LogP contribution in [0.15, 0.2) is 18.6 Å². The van der Waals surface area contributed by atoms with Crippen molar-refractivity contribution in [1.82, 2.24) is 19.7 Å². The third-order valence-electron chi connectivity index (χ3n) is 2.41. The van der Waals surface area contributed by atoms with Gasteiger partial charge in [-0.3, -0.25) is 5.10 Å². The van der Waals surface area contributed by atoms with Crippen LogP contribution in [0.2, 0.25) is 0 Å². The molecule has 0 saturated heterocycles. The van der Waals surface area contributed by atoms with Gasteiger partial charge in [0.25, 0.3) is 0 Å². The lowest BCUT2D eigenvalue weighted by atomic mass is 10.2. The number of H-pyrrole nitrogens is 1. The summed E-state index contributed by atoms with van der Waals surface area (Å²) in [6.45, 7) is 7.01. The number of rotatable bonds is 4. The number of aromatic amines is 1. The molecule has 0 saturated carbocycles. The number of aromatic nitrogens is 4. The number of hydrogen-bond donors (Lipinski definition) is 2. The Labute approximate surface area is 94.9 Å². The van der Waals surface area contributed by atoms with Crippen molar-refractivity contribution in [3.8, 4) is 0 Å². The number of nitrogens with one attached hydrogen (secondary N) is 2. The van der Waals surface area contributed by atoms with Crippen molar-refractivity contribution in [3.05, 3.63) is 29.8 Å². The molecule has 0 spiro atoms. The van der Waals surface area contributed by atoms with Gasteiger partial charge in [0.15, 0.2) is 0 Å². The van der Waals surface area contributed by atoms with Crippen molar-refractivity contribution >= 4 is 5.95 Å². The van der Waals surface area contributed by atoms with Crippen molar-refractivity contribution in [1.29, 1.82) is 0 Å². The van der Waals surface area contributed by atoms with Crippen molar-refractivity contribution in [2.45, 2.75) is 33.4 Å². The Hall–Kier alpha value is -1.78. The largest absolute Gasteiger partial charge is 0.353 e. The minimum Gasteiger partial charge on any atom is -0.353 e. The molecule has 0 aliphatic rings. The highest BCUT2D eigenvalue weighted by atomic mass is 15.2. The molecule has 5 heteroatoms. The molecule has 2 aromatic heterocycles. The Morgan fingerprint density at radius 3 is 2.94 bits per heavy atom. The Morgan fingerprint density at radius 1 is 1.50 bits per heavy atom. The summed E-state index contributed by atoms with van der Waals surface area (Å²) in [7, 11) is 0. The van der Waals surface area contributed by atoms with E-state index in [0.29, 0.717) is 6.04 Å². The van der Waals surface area contributed by atoms with Crippen LogP contribution in [0, 0.1) is 6.92 Å². The van der Waals surface area contributed by atoms with E-state index in [1.54, 1.807) is 6.20 Å². The highest BCUT2D eigenvalue weighted by Crippen LogP contribution is 2.11. The summed E-state index contributed by atoms with van der Waals surface area (Å²) in [5, 5.41) is 10.3. The fourth-order valence-electron chi connectivity index (χ4n) is 1.55. The van der Waals surface area contributed by atoms with Crippen LogP contribution >= 0.6 is 0 Å². The average Bonchev–Trinajstić information content (AvgIpc) is 2.78. The van der Waals surface area contributed by atoms with Crippen molar-refractivity contribution in [3.63, 3.8) is 0 Å². The van der Waals surface area contributed by atoms with Gasteiger partial charge in [-0.15, -0.1) is 0 Å². The second-order valence-electron chi connectivity index (χ2n) is 4.20. The lowest BCUT2D eigenvalue weighted by molar-refractivity contribution is 0.771. The maximum absolute atomic E-state index is 4.29. The van der Waals surface area contributed by atoms with E-state index >= 15 is 0 Å². The first kappa shape index (κ1) is 10.7. The quantitative estimate of drug-likeness (QED) is 0.824. The standard InChI is InChI=1S/C11H17N5/c1-8(2)14-11-12-4-5-16(11)7-10-6-13-15-9(10)3/h4-6,8H,7H2,1-3H3,(H,12,14)(H,13,15). The number of imidazole rings is 1. The molecule has 5 nitrogen and oxygen atoms in total. The second kappa shape index (κ2) is 4.38. The Kier molecular flexibility index (Phi) is 2.94. The predicted octanol–water partition coefficient (Wildman–Crippen LogP) is 1.78. The van der Waals surface area contributed by atoms with Gasteiger partial charge in [-0.1, -0.05) is 0 Å². The summed E-state index contributed by atoms with van der Waals surface area (Å²) in [5.74, 6) is 0.899. The summed E-state index contributed by atoms with van der Waals surface area (Å²) in [6, 6.07) is 0.381. The molecule has 0 fully saturated rings. The Balaban J connectivity index is 2.16. The fourth-order valence-corrected chi connectivity index (χ4v) is 1.55. The van der Waals surface area contributed by atoms with Gasteiger partial charge >= 0.3 is 0 Å². The van der Waals surface area contributed by atoms with E-state index in [4.69, 9.17) is 0 Å². The zero-order valence-electron chi connectivity index (χ0n) is 9.86. The maximum Gasteiger partial charge on any atom is 0.203 e. The fraction of sp³-hybridized carbons (Fsp3) is 0.455. The summed E-state index contributed by atoms with van der Waals surface area (Å²) in [6.07, 6.45) is 5.63. The molecule has 16 heavy (non-hydrogen) atoms. The van der Waals surface area contributed by atoms with Gasteiger partial charge in [0.05, 0.1) is 12.7 Å². The zero-order chi connectivity index (χ0) is 11.5. The first-order valence-corrected chi connectivity index (χ1v) is 5.43. The number of anilines is 1. The van der Waals surface area contributed by atoms with Crippen LogP contribution in [0.3, 0.4) is 0 Å². The van der Waals surface area contributed by atoms with E-state index in [1.807, 2.05) is 19.3 Å². The number of nitrogens with zero attached hydrogens (tertiary/aromatic N) is 3. The molecule has 0 unspecified atom stereocenters. The summed E-state index contributed by atoms with van der Waals surface area (Å²) in [5.41, 5.74) is 2.29. The van der Waals surface area contributed by atoms with E-state index in [0.717, 1.165) is 18.2 Å². The van der Waals surface area contributed by atoms with Gasteiger partial charge in [-0.25, -0.2) is 4.98 Å². The lowest BCUT2D eigenvalue weighted by Gasteiger charge is -2.11. The highest BCUT2D eigenvalue weighted by Gasteiger charge is 2.06. The Morgan fingerprint density at radius 2 is 2.31 bits per heavy atom. The van der Waals surface area contributed by atoms with E-state index in [-0.39, 0.29) is 0 Å². The van der Waals surface area contributed by atoms with Crippen molar-refractivity contribution < 1.29 is 0 Å². The topological polar surface area (TPSA) is 58.5 Å². The van der Waals surface area contributed by atoms with E-state index in [9.17, 15) is 0 Å². The minimum absolute atomic E-state index is 0.381. The van der Waals surface area contributed by atoms with Gasteiger partial charge in [0, 0.05) is 29.7 Å². The number of hydrogen-bond acceptors (Lipinski definition) is 3. The van der Waals surface area contributed by atoms with Crippen molar-refractivity contribution in [2.24, 2.45) is 0 Å². The lowest BCUT2D eigenvalue weighted by Crippen LogP contribution is -2.15. The molecule has 0 aliphatic heterocycles. The third-order valence-corrected chi connectivity index (χ3v) is 2.41. The molecule has 2 N–H and O–H groups in total. The Bertz CT molecular complexity index is 454. The van der Waals surface area contributed by atoms with Crippen molar-refractivity contribution in [2.75, 3.05) is 5.32 Å². The zero-order valence-corrected chi connectivity index (χ0v) is 9.86. The van der Waals surface area contributed by atoms with Crippen LogP contribution < -0.4 is 5.32 Å². The molecular formula is C11H17N5. The van der Waals surface area contributed by atoms with Crippen LogP contribution in [-0.4, -0.2) is 25.8 Å². The maximum atomic E-state index is 4.29. The molecule has 2 rings (SSSR count). The molecule has 0 aromatic carbocycles. The minimum atomic E-state index is 0.381. The molecule has 0 amide bonds. The predicted molar refractivity (Wildman–Crippen MR) is 63.4 cm³/mol. The molecule has 2 aromatic rings. The van der Waals surface area contributed by atoms with Crippen LogP contribution in [0.5, 0.6) is 0 Å². The molecule has 2 heterocycles. The van der Waals surface area contributed by atoms with Gasteiger partial charge in [-0.2, -0.15) is 5.10 Å². The van der Waals surface area contributed by atoms with Gasteiger partial charge in [-0.05, 0) is 20.8 Å². The second-order valence-corrected chi connectivity index (χ2v) is 4.20. The van der Waals surface area contributed by atoms with Crippen LogP contribution in [-0.2, 0) is 6.54 Å². The first-order chi connectivity index (χ1) is 7.66.